The lowest BCUT2D eigenvalue weighted by Gasteiger charge is -2.17. The Hall–Kier alpha value is -3.31. The van der Waals surface area contributed by atoms with Crippen molar-refractivity contribution in [2.75, 3.05) is 25.1 Å². The van der Waals surface area contributed by atoms with Crippen LogP contribution < -0.4 is 14.8 Å². The van der Waals surface area contributed by atoms with E-state index in [1.165, 1.54) is 0 Å². The molecule has 1 atom stereocenters. The summed E-state index contributed by atoms with van der Waals surface area (Å²) in [7, 11) is 0. The van der Waals surface area contributed by atoms with Crippen LogP contribution in [0.1, 0.15) is 13.8 Å². The van der Waals surface area contributed by atoms with Gasteiger partial charge in [0.25, 0.3) is 5.91 Å². The summed E-state index contributed by atoms with van der Waals surface area (Å²) >= 11 is 0. The zero-order valence-corrected chi connectivity index (χ0v) is 17.3. The normalized spacial score (nSPS) is 11.5. The van der Waals surface area contributed by atoms with Crippen molar-refractivity contribution in [2.45, 2.75) is 20.0 Å². The number of carbonyl (C=O) groups excluding carboxylic acids is 1. The molecule has 156 valence electrons. The molecule has 3 aromatic carbocycles. The van der Waals surface area contributed by atoms with E-state index in [9.17, 15) is 4.79 Å². The minimum Gasteiger partial charge on any atom is -0.489 e. The third kappa shape index (κ3) is 6.09. The van der Waals surface area contributed by atoms with Crippen molar-refractivity contribution in [3.63, 3.8) is 0 Å². The molecule has 1 N–H and O–H groups in total. The highest BCUT2D eigenvalue weighted by Crippen LogP contribution is 2.25. The van der Waals surface area contributed by atoms with E-state index in [2.05, 4.69) is 17.4 Å². The Kier molecular flexibility index (Phi) is 7.86. The second-order valence-corrected chi connectivity index (χ2v) is 6.68. The molecule has 0 heterocycles. The number of nitrogens with one attached hydrogen (secondary N) is 1. The summed E-state index contributed by atoms with van der Waals surface area (Å²) in [5.41, 5.74) is 2.84. The maximum absolute atomic E-state index is 12.6. The van der Waals surface area contributed by atoms with Crippen LogP contribution in [0.3, 0.4) is 0 Å². The molecule has 5 heteroatoms. The van der Waals surface area contributed by atoms with Crippen molar-refractivity contribution in [3.05, 3.63) is 78.9 Å². The average Bonchev–Trinajstić information content (AvgIpc) is 2.79. The lowest BCUT2D eigenvalue weighted by Crippen LogP contribution is -2.30. The summed E-state index contributed by atoms with van der Waals surface area (Å²) in [5.74, 6) is 0.992. The van der Waals surface area contributed by atoms with Gasteiger partial charge < -0.3 is 19.5 Å². The number of benzene rings is 3. The molecule has 0 aliphatic rings. The quantitative estimate of drug-likeness (QED) is 0.473. The zero-order valence-electron chi connectivity index (χ0n) is 17.3. The second-order valence-electron chi connectivity index (χ2n) is 6.68. The van der Waals surface area contributed by atoms with Crippen LogP contribution in [0.4, 0.5) is 5.69 Å². The van der Waals surface area contributed by atoms with Crippen molar-refractivity contribution in [3.8, 4) is 22.6 Å². The number of amides is 1. The van der Waals surface area contributed by atoms with E-state index >= 15 is 0 Å². The van der Waals surface area contributed by atoms with Crippen LogP contribution in [0.25, 0.3) is 11.1 Å². The van der Waals surface area contributed by atoms with E-state index in [1.807, 2.05) is 67.6 Å². The van der Waals surface area contributed by atoms with Gasteiger partial charge in [-0.1, -0.05) is 54.6 Å². The summed E-state index contributed by atoms with van der Waals surface area (Å²) in [5, 5.41) is 2.88. The molecule has 1 unspecified atom stereocenters. The first-order chi connectivity index (χ1) is 14.7. The highest BCUT2D eigenvalue weighted by Gasteiger charge is 2.17. The van der Waals surface area contributed by atoms with E-state index < -0.39 is 6.10 Å². The van der Waals surface area contributed by atoms with Crippen molar-refractivity contribution in [1.82, 2.24) is 0 Å². The van der Waals surface area contributed by atoms with Crippen LogP contribution in [0.5, 0.6) is 11.5 Å². The van der Waals surface area contributed by atoms with E-state index in [0.717, 1.165) is 11.1 Å². The first-order valence-corrected chi connectivity index (χ1v) is 10.1. The SMILES string of the molecule is CCOCCOc1ccccc1NC(=O)C(C)Oc1ccc(-c2ccccc2)cc1. The molecule has 30 heavy (non-hydrogen) atoms. The highest BCUT2D eigenvalue weighted by molar-refractivity contribution is 5.95. The minimum absolute atomic E-state index is 0.247. The van der Waals surface area contributed by atoms with Gasteiger partial charge in [-0.3, -0.25) is 4.79 Å². The molecule has 3 aromatic rings. The van der Waals surface area contributed by atoms with Crippen LogP contribution >= 0.6 is 0 Å². The monoisotopic (exact) mass is 405 g/mol. The molecular formula is C25H27NO4. The first kappa shape index (κ1) is 21.4. The van der Waals surface area contributed by atoms with Gasteiger partial charge in [-0.2, -0.15) is 0 Å². The van der Waals surface area contributed by atoms with Crippen LogP contribution in [0.2, 0.25) is 0 Å². The van der Waals surface area contributed by atoms with Gasteiger partial charge >= 0.3 is 0 Å². The predicted octanol–water partition coefficient (Wildman–Crippen LogP) is 5.17. The molecule has 3 rings (SSSR count). The zero-order chi connectivity index (χ0) is 21.2. The number of anilines is 1. The summed E-state index contributed by atoms with van der Waals surface area (Å²) in [6.45, 7) is 5.21. The molecule has 0 radical (unpaired) electrons. The Morgan fingerprint density at radius 2 is 1.53 bits per heavy atom. The Bertz CT molecular complexity index is 925. The van der Waals surface area contributed by atoms with Crippen LogP contribution in [0, 0.1) is 0 Å². The Labute approximate surface area is 177 Å². The lowest BCUT2D eigenvalue weighted by molar-refractivity contribution is -0.122. The standard InChI is InChI=1S/C25H27NO4/c1-3-28-17-18-29-24-12-8-7-11-23(24)26-25(27)19(2)30-22-15-13-21(14-16-22)20-9-5-4-6-10-20/h4-16,19H,3,17-18H2,1-2H3,(H,26,27). The van der Waals surface area contributed by atoms with E-state index in [0.29, 0.717) is 37.0 Å². The molecule has 0 aliphatic carbocycles. The lowest BCUT2D eigenvalue weighted by atomic mass is 10.1. The third-order valence-corrected chi connectivity index (χ3v) is 4.48. The summed E-state index contributed by atoms with van der Waals surface area (Å²) in [6.07, 6.45) is -0.663. The molecule has 0 spiro atoms. The minimum atomic E-state index is -0.663. The number of hydrogen-bond donors (Lipinski definition) is 1. The van der Waals surface area contributed by atoms with E-state index in [4.69, 9.17) is 14.2 Å². The van der Waals surface area contributed by atoms with Gasteiger partial charge in [0, 0.05) is 6.61 Å². The first-order valence-electron chi connectivity index (χ1n) is 10.1. The molecule has 1 amide bonds. The number of ether oxygens (including phenoxy) is 3. The topological polar surface area (TPSA) is 56.8 Å². The van der Waals surface area contributed by atoms with E-state index in [-0.39, 0.29) is 5.91 Å². The predicted molar refractivity (Wildman–Crippen MR) is 119 cm³/mol. The van der Waals surface area contributed by atoms with Gasteiger partial charge in [-0.25, -0.2) is 0 Å². The summed E-state index contributed by atoms with van der Waals surface area (Å²) in [4.78, 5) is 12.6. The summed E-state index contributed by atoms with van der Waals surface area (Å²) < 4.78 is 16.8. The molecule has 0 saturated heterocycles. The maximum Gasteiger partial charge on any atom is 0.265 e. The number of hydrogen-bond acceptors (Lipinski definition) is 4. The number of para-hydroxylation sites is 2. The average molecular weight is 405 g/mol. The summed E-state index contributed by atoms with van der Waals surface area (Å²) in [6, 6.07) is 25.1. The fourth-order valence-electron chi connectivity index (χ4n) is 2.90. The van der Waals surface area contributed by atoms with Gasteiger partial charge in [0.05, 0.1) is 12.3 Å². The van der Waals surface area contributed by atoms with Crippen LogP contribution in [0.15, 0.2) is 78.9 Å². The van der Waals surface area contributed by atoms with Crippen LogP contribution in [-0.2, 0) is 9.53 Å². The molecular weight excluding hydrogens is 378 g/mol. The Morgan fingerprint density at radius 3 is 2.27 bits per heavy atom. The highest BCUT2D eigenvalue weighted by atomic mass is 16.5. The third-order valence-electron chi connectivity index (χ3n) is 4.48. The van der Waals surface area contributed by atoms with Crippen molar-refractivity contribution >= 4 is 11.6 Å². The van der Waals surface area contributed by atoms with Gasteiger partial charge in [0.2, 0.25) is 0 Å². The largest absolute Gasteiger partial charge is 0.489 e. The van der Waals surface area contributed by atoms with E-state index in [1.54, 1.807) is 13.0 Å². The van der Waals surface area contributed by atoms with Gasteiger partial charge in [0.1, 0.15) is 18.1 Å². The van der Waals surface area contributed by atoms with Gasteiger partial charge in [-0.05, 0) is 49.2 Å². The van der Waals surface area contributed by atoms with Crippen molar-refractivity contribution in [1.29, 1.82) is 0 Å². The number of carbonyl (C=O) groups is 1. The molecule has 5 nitrogen and oxygen atoms in total. The molecule has 0 aromatic heterocycles. The Balaban J connectivity index is 1.57. The van der Waals surface area contributed by atoms with Crippen molar-refractivity contribution in [2.24, 2.45) is 0 Å². The number of rotatable bonds is 10. The molecule has 0 aliphatic heterocycles. The second kappa shape index (κ2) is 11.0. The fourth-order valence-corrected chi connectivity index (χ4v) is 2.90. The molecule has 0 fully saturated rings. The smallest absolute Gasteiger partial charge is 0.265 e. The van der Waals surface area contributed by atoms with Gasteiger partial charge in [-0.15, -0.1) is 0 Å². The van der Waals surface area contributed by atoms with Gasteiger partial charge in [0.15, 0.2) is 6.10 Å². The fraction of sp³-hybridized carbons (Fsp3) is 0.240. The Morgan fingerprint density at radius 1 is 0.867 bits per heavy atom. The van der Waals surface area contributed by atoms with Crippen LogP contribution in [-0.4, -0.2) is 31.8 Å². The van der Waals surface area contributed by atoms with Crippen molar-refractivity contribution < 1.29 is 19.0 Å². The molecule has 0 saturated carbocycles. The maximum atomic E-state index is 12.6. The molecule has 0 bridgehead atoms.